The minimum absolute atomic E-state index is 0.0520. The highest BCUT2D eigenvalue weighted by atomic mass is 35.5. The van der Waals surface area contributed by atoms with Gasteiger partial charge in [0.1, 0.15) is 5.75 Å². The van der Waals surface area contributed by atoms with Crippen LogP contribution >= 0.6 is 22.9 Å². The SMILES string of the molecule is CNC(c1cncs1)c1cc(Cl)ccc1OC. The summed E-state index contributed by atoms with van der Waals surface area (Å²) in [6.45, 7) is 0. The molecule has 1 aromatic carbocycles. The first kappa shape index (κ1) is 12.4. The van der Waals surface area contributed by atoms with Crippen molar-refractivity contribution >= 4 is 22.9 Å². The van der Waals surface area contributed by atoms with Crippen LogP contribution in [0, 0.1) is 0 Å². The minimum atomic E-state index is 0.0520. The highest BCUT2D eigenvalue weighted by Gasteiger charge is 2.18. The summed E-state index contributed by atoms with van der Waals surface area (Å²) in [6.07, 6.45) is 1.85. The molecule has 3 nitrogen and oxygen atoms in total. The smallest absolute Gasteiger partial charge is 0.124 e. The van der Waals surface area contributed by atoms with Crippen molar-refractivity contribution in [1.29, 1.82) is 0 Å². The van der Waals surface area contributed by atoms with E-state index in [0.717, 1.165) is 16.2 Å². The summed E-state index contributed by atoms with van der Waals surface area (Å²) in [5, 5.41) is 3.95. The maximum Gasteiger partial charge on any atom is 0.124 e. The fourth-order valence-corrected chi connectivity index (χ4v) is 2.68. The summed E-state index contributed by atoms with van der Waals surface area (Å²) in [6, 6.07) is 5.67. The van der Waals surface area contributed by atoms with Crippen LogP contribution < -0.4 is 10.1 Å². The monoisotopic (exact) mass is 268 g/mol. The summed E-state index contributed by atoms with van der Waals surface area (Å²) in [4.78, 5) is 5.23. The van der Waals surface area contributed by atoms with Crippen LogP contribution in [0.3, 0.4) is 0 Å². The average molecular weight is 269 g/mol. The molecule has 0 radical (unpaired) electrons. The second-order valence-corrected chi connectivity index (χ2v) is 4.87. The fourth-order valence-electron chi connectivity index (χ4n) is 1.75. The normalized spacial score (nSPS) is 12.4. The standard InChI is InChI=1S/C12H13ClN2OS/c1-14-12(11-6-15-7-17-11)9-5-8(13)3-4-10(9)16-2/h3-7,12,14H,1-2H3. The first-order valence-corrected chi connectivity index (χ1v) is 6.41. The van der Waals surface area contributed by atoms with E-state index in [0.29, 0.717) is 5.02 Å². The molecule has 1 N–H and O–H groups in total. The van der Waals surface area contributed by atoms with Crippen LogP contribution in [0.1, 0.15) is 16.5 Å². The van der Waals surface area contributed by atoms with Gasteiger partial charge in [-0.2, -0.15) is 0 Å². The first-order chi connectivity index (χ1) is 8.26. The molecular formula is C12H13ClN2OS. The van der Waals surface area contributed by atoms with Crippen molar-refractivity contribution in [3.05, 3.63) is 45.4 Å². The van der Waals surface area contributed by atoms with Crippen LogP contribution in [0.4, 0.5) is 0 Å². The van der Waals surface area contributed by atoms with Gasteiger partial charge in [0, 0.05) is 21.7 Å². The number of thiazole rings is 1. The van der Waals surface area contributed by atoms with Gasteiger partial charge in [-0.3, -0.25) is 4.98 Å². The molecule has 0 aliphatic heterocycles. The molecule has 2 rings (SSSR count). The van der Waals surface area contributed by atoms with Crippen LogP contribution in [0.25, 0.3) is 0 Å². The molecule has 0 saturated heterocycles. The third-order valence-electron chi connectivity index (χ3n) is 2.53. The van der Waals surface area contributed by atoms with Gasteiger partial charge >= 0.3 is 0 Å². The quantitative estimate of drug-likeness (QED) is 0.925. The van der Waals surface area contributed by atoms with E-state index in [9.17, 15) is 0 Å². The lowest BCUT2D eigenvalue weighted by molar-refractivity contribution is 0.405. The van der Waals surface area contributed by atoms with Gasteiger partial charge in [-0.15, -0.1) is 11.3 Å². The van der Waals surface area contributed by atoms with Gasteiger partial charge in [0.2, 0.25) is 0 Å². The van der Waals surface area contributed by atoms with Crippen LogP contribution in [-0.2, 0) is 0 Å². The van der Waals surface area contributed by atoms with Gasteiger partial charge in [0.15, 0.2) is 0 Å². The maximum absolute atomic E-state index is 6.04. The zero-order chi connectivity index (χ0) is 12.3. The second-order valence-electron chi connectivity index (χ2n) is 3.51. The number of aromatic nitrogens is 1. The van der Waals surface area contributed by atoms with E-state index in [2.05, 4.69) is 10.3 Å². The van der Waals surface area contributed by atoms with Crippen LogP contribution in [0.15, 0.2) is 29.9 Å². The summed E-state index contributed by atoms with van der Waals surface area (Å²) in [5.74, 6) is 0.821. The molecule has 0 aliphatic rings. The van der Waals surface area contributed by atoms with Crippen molar-refractivity contribution < 1.29 is 4.74 Å². The molecule has 17 heavy (non-hydrogen) atoms. The number of rotatable bonds is 4. The molecule has 0 saturated carbocycles. The molecule has 0 fully saturated rings. The lowest BCUT2D eigenvalue weighted by Crippen LogP contribution is -2.17. The largest absolute Gasteiger partial charge is 0.496 e. The number of ether oxygens (including phenoxy) is 1. The van der Waals surface area contributed by atoms with E-state index in [1.807, 2.05) is 37.0 Å². The number of methoxy groups -OCH3 is 1. The van der Waals surface area contributed by atoms with E-state index < -0.39 is 0 Å². The zero-order valence-corrected chi connectivity index (χ0v) is 11.2. The summed E-state index contributed by atoms with van der Waals surface area (Å²) in [7, 11) is 3.57. The van der Waals surface area contributed by atoms with Crippen molar-refractivity contribution in [2.75, 3.05) is 14.2 Å². The van der Waals surface area contributed by atoms with Crippen molar-refractivity contribution in [3.8, 4) is 5.75 Å². The lowest BCUT2D eigenvalue weighted by Gasteiger charge is -2.18. The summed E-state index contributed by atoms with van der Waals surface area (Å²) >= 11 is 7.64. The number of benzene rings is 1. The zero-order valence-electron chi connectivity index (χ0n) is 9.61. The molecule has 2 aromatic rings. The number of hydrogen-bond acceptors (Lipinski definition) is 4. The van der Waals surface area contributed by atoms with Crippen molar-refractivity contribution in [3.63, 3.8) is 0 Å². The van der Waals surface area contributed by atoms with E-state index >= 15 is 0 Å². The Bertz CT molecular complexity index is 487. The molecule has 5 heteroatoms. The van der Waals surface area contributed by atoms with Gasteiger partial charge < -0.3 is 10.1 Å². The topological polar surface area (TPSA) is 34.2 Å². The molecule has 1 unspecified atom stereocenters. The Kier molecular flexibility index (Phi) is 3.99. The van der Waals surface area contributed by atoms with Gasteiger partial charge in [0.05, 0.1) is 18.7 Å². The molecule has 1 aromatic heterocycles. The van der Waals surface area contributed by atoms with E-state index in [4.69, 9.17) is 16.3 Å². The average Bonchev–Trinajstić information content (AvgIpc) is 2.84. The number of nitrogens with one attached hydrogen (secondary N) is 1. The fraction of sp³-hybridized carbons (Fsp3) is 0.250. The summed E-state index contributed by atoms with van der Waals surface area (Å²) in [5.41, 5.74) is 2.84. The van der Waals surface area contributed by atoms with Crippen LogP contribution in [0.2, 0.25) is 5.02 Å². The minimum Gasteiger partial charge on any atom is -0.496 e. The molecule has 0 spiro atoms. The molecule has 0 aliphatic carbocycles. The van der Waals surface area contributed by atoms with Crippen molar-refractivity contribution in [1.82, 2.24) is 10.3 Å². The highest BCUT2D eigenvalue weighted by molar-refractivity contribution is 7.09. The molecule has 0 amide bonds. The van der Waals surface area contributed by atoms with Gasteiger partial charge in [-0.1, -0.05) is 11.6 Å². The van der Waals surface area contributed by atoms with E-state index in [1.54, 1.807) is 18.4 Å². The predicted octanol–water partition coefficient (Wildman–Crippen LogP) is 3.11. The third kappa shape index (κ3) is 2.60. The first-order valence-electron chi connectivity index (χ1n) is 5.15. The molecule has 0 bridgehead atoms. The van der Waals surface area contributed by atoms with E-state index in [-0.39, 0.29) is 6.04 Å². The molecule has 90 valence electrons. The molecular weight excluding hydrogens is 256 g/mol. The third-order valence-corrected chi connectivity index (χ3v) is 3.60. The maximum atomic E-state index is 6.04. The highest BCUT2D eigenvalue weighted by Crippen LogP contribution is 2.33. The number of hydrogen-bond donors (Lipinski definition) is 1. The Morgan fingerprint density at radius 2 is 2.29 bits per heavy atom. The number of nitrogens with zero attached hydrogens (tertiary/aromatic N) is 1. The van der Waals surface area contributed by atoms with Gasteiger partial charge in [-0.05, 0) is 25.2 Å². The van der Waals surface area contributed by atoms with E-state index in [1.165, 1.54) is 0 Å². The Labute approximate surface area is 109 Å². The van der Waals surface area contributed by atoms with Crippen molar-refractivity contribution in [2.24, 2.45) is 0 Å². The summed E-state index contributed by atoms with van der Waals surface area (Å²) < 4.78 is 5.37. The number of halogens is 1. The lowest BCUT2D eigenvalue weighted by atomic mass is 10.0. The Morgan fingerprint density at radius 1 is 1.47 bits per heavy atom. The van der Waals surface area contributed by atoms with Crippen molar-refractivity contribution in [2.45, 2.75) is 6.04 Å². The second kappa shape index (κ2) is 5.49. The van der Waals surface area contributed by atoms with Crippen LogP contribution in [-0.4, -0.2) is 19.1 Å². The van der Waals surface area contributed by atoms with Gasteiger partial charge in [-0.25, -0.2) is 0 Å². The van der Waals surface area contributed by atoms with Gasteiger partial charge in [0.25, 0.3) is 0 Å². The Morgan fingerprint density at radius 3 is 2.88 bits per heavy atom. The molecule has 1 heterocycles. The Balaban J connectivity index is 2.46. The van der Waals surface area contributed by atoms with Crippen LogP contribution in [0.5, 0.6) is 5.75 Å². The Hall–Kier alpha value is -1.10. The molecule has 1 atom stereocenters. The predicted molar refractivity (Wildman–Crippen MR) is 71.0 cm³/mol.